The third-order valence-electron chi connectivity index (χ3n) is 11.8. The van der Waals surface area contributed by atoms with Gasteiger partial charge in [-0.1, -0.05) is 61.8 Å². The Balaban J connectivity index is 0.948. The number of nitrogens with zero attached hydrogens (tertiary/aromatic N) is 2. The SMILES string of the molecule is Cc1noc(-c2ccc(OCC(=O)NCCCCCNC(=O)CCCC[C@@H]3SC[C@@H]4NC(=O)N[C@@H]43)c(CC(=O)N[C@H](C(=O)N[C@@H](CC(=O)O)C(=O)COC(=O)c3cccc4ccccc34)C(C)C)c2)n1. The van der Waals surface area contributed by atoms with E-state index in [9.17, 15) is 43.5 Å². The predicted molar refractivity (Wildman–Crippen MR) is 258 cm³/mol. The second kappa shape index (κ2) is 25.5. The van der Waals surface area contributed by atoms with Crippen LogP contribution in [0.1, 0.15) is 87.0 Å². The molecule has 21 heteroatoms. The molecular weight excluding hydrogens is 925 g/mol. The summed E-state index contributed by atoms with van der Waals surface area (Å²) >= 11 is 1.86. The molecular formula is C49H60N8O12S. The van der Waals surface area contributed by atoms with Crippen molar-refractivity contribution in [2.24, 2.45) is 5.92 Å². The predicted octanol–water partition coefficient (Wildman–Crippen LogP) is 3.77. The first-order valence-corrected chi connectivity index (χ1v) is 24.5. The Morgan fingerprint density at radius 3 is 2.37 bits per heavy atom. The highest BCUT2D eigenvalue weighted by molar-refractivity contribution is 8.00. The number of urea groups is 1. The van der Waals surface area contributed by atoms with Crippen molar-refractivity contribution in [3.05, 3.63) is 77.6 Å². The van der Waals surface area contributed by atoms with Gasteiger partial charge in [0.1, 0.15) is 17.8 Å². The summed E-state index contributed by atoms with van der Waals surface area (Å²) in [6, 6.07) is 14.3. The molecule has 70 heavy (non-hydrogen) atoms. The fourth-order valence-electron chi connectivity index (χ4n) is 8.18. The normalized spacial score (nSPS) is 16.9. The van der Waals surface area contributed by atoms with Crippen molar-refractivity contribution in [1.29, 1.82) is 0 Å². The number of aliphatic carboxylic acids is 1. The maximum absolute atomic E-state index is 13.7. The Bertz CT molecular complexity index is 2530. The molecule has 0 unspecified atom stereocenters. The molecule has 7 N–H and O–H groups in total. The number of nitrogens with one attached hydrogen (secondary N) is 6. The van der Waals surface area contributed by atoms with Crippen LogP contribution in [0.2, 0.25) is 0 Å². The van der Waals surface area contributed by atoms with E-state index in [0.717, 1.165) is 43.2 Å². The van der Waals surface area contributed by atoms with E-state index in [2.05, 4.69) is 42.0 Å². The lowest BCUT2D eigenvalue weighted by Gasteiger charge is -2.25. The number of ether oxygens (including phenoxy) is 2. The topological polar surface area (TPSA) is 286 Å². The fraction of sp³-hybridized carbons (Fsp3) is 0.469. The molecule has 0 saturated carbocycles. The minimum Gasteiger partial charge on any atom is -0.483 e. The Kier molecular flexibility index (Phi) is 19.1. The number of unbranched alkanes of at least 4 members (excludes halogenated alkanes) is 3. The second-order valence-electron chi connectivity index (χ2n) is 17.6. The number of Topliss-reactive ketones (excluding diaryl/α,β-unsaturated/α-hetero) is 1. The van der Waals surface area contributed by atoms with Crippen molar-refractivity contribution < 1.29 is 57.5 Å². The number of aromatic nitrogens is 2. The number of rotatable bonds is 27. The molecule has 0 radical (unpaired) electrons. The lowest BCUT2D eigenvalue weighted by Crippen LogP contribution is -2.54. The van der Waals surface area contributed by atoms with E-state index in [-0.39, 0.29) is 54.3 Å². The Labute approximate surface area is 408 Å². The minimum absolute atomic E-state index is 0.00572. The summed E-state index contributed by atoms with van der Waals surface area (Å²) in [5.41, 5.74) is 0.986. The molecule has 20 nitrogen and oxygen atoms in total. The van der Waals surface area contributed by atoms with Crippen LogP contribution in [-0.2, 0) is 39.9 Å². The fourth-order valence-corrected chi connectivity index (χ4v) is 9.72. The molecule has 0 aliphatic carbocycles. The molecule has 4 aromatic rings. The quantitative estimate of drug-likeness (QED) is 0.0254. The number of aryl methyl sites for hydroxylation is 1. The van der Waals surface area contributed by atoms with Gasteiger partial charge in [-0.05, 0) is 80.0 Å². The van der Waals surface area contributed by atoms with Crippen LogP contribution >= 0.6 is 11.8 Å². The first kappa shape index (κ1) is 52.3. The minimum atomic E-state index is -1.59. The first-order valence-electron chi connectivity index (χ1n) is 23.4. The molecule has 0 bridgehead atoms. The molecule has 0 spiro atoms. The van der Waals surface area contributed by atoms with Gasteiger partial charge in [0.15, 0.2) is 24.8 Å². The van der Waals surface area contributed by atoms with Crippen molar-refractivity contribution in [1.82, 2.24) is 42.0 Å². The van der Waals surface area contributed by atoms with Gasteiger partial charge in [0, 0.05) is 41.6 Å². The van der Waals surface area contributed by atoms with Crippen molar-refractivity contribution >= 4 is 69.9 Å². The number of thioether (sulfide) groups is 1. The number of amides is 6. The second-order valence-corrected chi connectivity index (χ2v) is 18.9. The van der Waals surface area contributed by atoms with E-state index in [4.69, 9.17) is 14.0 Å². The van der Waals surface area contributed by atoms with E-state index >= 15 is 0 Å². The summed E-state index contributed by atoms with van der Waals surface area (Å²) in [6.07, 6.45) is 4.14. The van der Waals surface area contributed by atoms with Crippen LogP contribution < -0.4 is 36.6 Å². The van der Waals surface area contributed by atoms with E-state index in [0.29, 0.717) is 53.5 Å². The van der Waals surface area contributed by atoms with E-state index < -0.39 is 66.5 Å². The zero-order valence-electron chi connectivity index (χ0n) is 39.4. The van der Waals surface area contributed by atoms with Gasteiger partial charge in [-0.2, -0.15) is 16.7 Å². The number of ketones is 1. The summed E-state index contributed by atoms with van der Waals surface area (Å²) in [7, 11) is 0. The number of hydrogen-bond donors (Lipinski definition) is 7. The number of benzene rings is 3. The zero-order valence-corrected chi connectivity index (χ0v) is 40.2. The Morgan fingerprint density at radius 1 is 0.871 bits per heavy atom. The molecule has 2 fully saturated rings. The van der Waals surface area contributed by atoms with Gasteiger partial charge < -0.3 is 51.0 Å². The number of hydrogen-bond acceptors (Lipinski definition) is 14. The number of carbonyl (C=O) groups is 8. The number of carbonyl (C=O) groups excluding carboxylic acids is 7. The smallest absolute Gasteiger partial charge is 0.339 e. The Hall–Kier alpha value is -7.03. The molecule has 6 amide bonds. The average molecular weight is 985 g/mol. The van der Waals surface area contributed by atoms with Crippen molar-refractivity contribution in [2.45, 2.75) is 108 Å². The highest BCUT2D eigenvalue weighted by atomic mass is 32.2. The highest BCUT2D eigenvalue weighted by Crippen LogP contribution is 2.33. The van der Waals surface area contributed by atoms with Crippen LogP contribution in [0, 0.1) is 12.8 Å². The summed E-state index contributed by atoms with van der Waals surface area (Å²) in [5.74, 6) is -3.81. The van der Waals surface area contributed by atoms with Crippen molar-refractivity contribution in [2.75, 3.05) is 32.1 Å². The standard InChI is InChI=1S/C49H60N8O12S/c1-28(2)44(46(64)53-35(24-43(62)63)37(58)25-68-48(65)34-15-11-13-30-12-5-6-14-33(30)34)55-41(60)23-32-22-31(47-52-29(3)57-69-47)18-19-38(32)67-26-42(61)51-21-10-4-9-20-50-40(59)17-8-7-16-39-45-36(27-70-39)54-49(66)56-45/h5-6,11-15,18-19,22,28,35-36,39,44-45H,4,7-10,16-17,20-21,23-27H2,1-3H3,(H,50,59)(H,51,61)(H,53,64)(H,55,60)(H,62,63)(H2,54,56,66)/t35-,36-,39-,44-,45-/m0/s1. The van der Waals surface area contributed by atoms with E-state index in [1.54, 1.807) is 63.2 Å². The van der Waals surface area contributed by atoms with Gasteiger partial charge >= 0.3 is 18.0 Å². The van der Waals surface area contributed by atoms with Crippen LogP contribution in [0.25, 0.3) is 22.2 Å². The first-order chi connectivity index (χ1) is 33.6. The van der Waals surface area contributed by atoms with Gasteiger partial charge in [0.25, 0.3) is 11.8 Å². The molecule has 374 valence electrons. The van der Waals surface area contributed by atoms with Crippen LogP contribution in [0.5, 0.6) is 5.75 Å². The number of esters is 1. The summed E-state index contributed by atoms with van der Waals surface area (Å²) < 4.78 is 16.5. The molecule has 3 heterocycles. The maximum Gasteiger partial charge on any atom is 0.339 e. The van der Waals surface area contributed by atoms with E-state index in [1.165, 1.54) is 0 Å². The number of carboxylic acid groups (broad SMARTS) is 1. The van der Waals surface area contributed by atoms with Crippen LogP contribution in [0.3, 0.4) is 0 Å². The lowest BCUT2D eigenvalue weighted by molar-refractivity contribution is -0.141. The van der Waals surface area contributed by atoms with E-state index in [1.807, 2.05) is 30.0 Å². The molecule has 2 aliphatic heterocycles. The molecule has 5 atom stereocenters. The summed E-state index contributed by atoms with van der Waals surface area (Å²) in [4.78, 5) is 106. The largest absolute Gasteiger partial charge is 0.483 e. The van der Waals surface area contributed by atoms with Crippen LogP contribution in [0.4, 0.5) is 4.79 Å². The Morgan fingerprint density at radius 2 is 1.63 bits per heavy atom. The number of carboxylic acids is 1. The van der Waals surface area contributed by atoms with Gasteiger partial charge in [0.2, 0.25) is 17.7 Å². The van der Waals surface area contributed by atoms with Gasteiger partial charge in [0.05, 0.1) is 30.5 Å². The molecule has 3 aromatic carbocycles. The molecule has 2 saturated heterocycles. The lowest BCUT2D eigenvalue weighted by atomic mass is 10.0. The average Bonchev–Trinajstić information content (AvgIpc) is 4.05. The van der Waals surface area contributed by atoms with Crippen LogP contribution in [-0.4, -0.2) is 124 Å². The van der Waals surface area contributed by atoms with Gasteiger partial charge in [-0.3, -0.25) is 28.8 Å². The molecule has 2 aliphatic rings. The third-order valence-corrected chi connectivity index (χ3v) is 13.3. The van der Waals surface area contributed by atoms with Crippen molar-refractivity contribution in [3.8, 4) is 17.2 Å². The van der Waals surface area contributed by atoms with Crippen LogP contribution in [0.15, 0.2) is 65.2 Å². The monoisotopic (exact) mass is 984 g/mol. The molecule has 1 aromatic heterocycles. The number of fused-ring (bicyclic) bond motifs is 2. The zero-order chi connectivity index (χ0) is 50.2. The van der Waals surface area contributed by atoms with Gasteiger partial charge in [-0.25, -0.2) is 9.59 Å². The summed E-state index contributed by atoms with van der Waals surface area (Å²) in [5, 5.41) is 32.0. The highest BCUT2D eigenvalue weighted by Gasteiger charge is 2.42. The summed E-state index contributed by atoms with van der Waals surface area (Å²) in [6.45, 7) is 4.68. The van der Waals surface area contributed by atoms with Gasteiger partial charge in [-0.15, -0.1) is 0 Å². The third kappa shape index (κ3) is 15.2. The molecule has 6 rings (SSSR count). The maximum atomic E-state index is 13.7. The van der Waals surface area contributed by atoms with Crippen molar-refractivity contribution in [3.63, 3.8) is 0 Å².